The van der Waals surface area contributed by atoms with Crippen molar-refractivity contribution in [1.29, 1.82) is 0 Å². The van der Waals surface area contributed by atoms with Gasteiger partial charge in [-0.2, -0.15) is 0 Å². The van der Waals surface area contributed by atoms with E-state index in [1.54, 1.807) is 0 Å². The molecule has 0 bridgehead atoms. The number of para-hydroxylation sites is 2. The molecule has 0 saturated carbocycles. The molecule has 2 heteroatoms. The Balaban J connectivity index is 1.45. The van der Waals surface area contributed by atoms with Gasteiger partial charge in [0, 0.05) is 21.7 Å². The third-order valence-electron chi connectivity index (χ3n) is 7.02. The van der Waals surface area contributed by atoms with Crippen molar-refractivity contribution in [3.8, 4) is 44.9 Å². The molecule has 0 aliphatic carbocycles. The van der Waals surface area contributed by atoms with E-state index < -0.39 is 0 Å². The standard InChI is InChI=1S/C34H20O2/c1-2-9-23(22(8-1)21-16-17-27-25-10-3-5-14-30(25)36-33(27)20-21)24-18-19-32-34-28(24)12-7-13-29(34)26-11-4-6-15-31(26)35-32/h1-20H/i1D,2D,8D,9D. The van der Waals surface area contributed by atoms with Gasteiger partial charge in [-0.25, -0.2) is 0 Å². The third kappa shape index (κ3) is 2.73. The molecule has 0 saturated heterocycles. The van der Waals surface area contributed by atoms with Crippen molar-refractivity contribution in [3.63, 3.8) is 0 Å². The van der Waals surface area contributed by atoms with Gasteiger partial charge in [-0.1, -0.05) is 90.9 Å². The average molecular weight is 465 g/mol. The maximum absolute atomic E-state index is 9.02. The predicted molar refractivity (Wildman–Crippen MR) is 148 cm³/mol. The lowest BCUT2D eigenvalue weighted by Crippen LogP contribution is -1.98. The zero-order chi connectivity index (χ0) is 27.1. The minimum atomic E-state index is -0.270. The first kappa shape index (κ1) is 16.0. The number of ether oxygens (including phenoxy) is 1. The van der Waals surface area contributed by atoms with Crippen molar-refractivity contribution < 1.29 is 14.6 Å². The normalized spacial score (nSPS) is 13.7. The highest BCUT2D eigenvalue weighted by Gasteiger charge is 2.22. The fraction of sp³-hybridized carbons (Fsp3) is 0. The summed E-state index contributed by atoms with van der Waals surface area (Å²) in [5, 5.41) is 3.74. The third-order valence-corrected chi connectivity index (χ3v) is 7.02. The van der Waals surface area contributed by atoms with Crippen LogP contribution < -0.4 is 4.74 Å². The molecule has 0 amide bonds. The van der Waals surface area contributed by atoms with Crippen molar-refractivity contribution in [2.45, 2.75) is 0 Å². The van der Waals surface area contributed by atoms with E-state index in [4.69, 9.17) is 14.6 Å². The lowest BCUT2D eigenvalue weighted by molar-refractivity contribution is 0.487. The van der Waals surface area contributed by atoms with Crippen LogP contribution in [-0.4, -0.2) is 0 Å². The quantitative estimate of drug-likeness (QED) is 0.254. The van der Waals surface area contributed by atoms with Crippen LogP contribution in [0.3, 0.4) is 0 Å². The monoisotopic (exact) mass is 464 g/mol. The summed E-state index contributed by atoms with van der Waals surface area (Å²) < 4.78 is 47.4. The summed E-state index contributed by atoms with van der Waals surface area (Å²) in [4.78, 5) is 0. The van der Waals surface area contributed by atoms with Gasteiger partial charge in [-0.3, -0.25) is 0 Å². The summed E-state index contributed by atoms with van der Waals surface area (Å²) in [6.07, 6.45) is 0. The molecule has 0 radical (unpaired) electrons. The van der Waals surface area contributed by atoms with Gasteiger partial charge in [-0.05, 0) is 63.5 Å². The molecule has 36 heavy (non-hydrogen) atoms. The van der Waals surface area contributed by atoms with Gasteiger partial charge in [0.05, 0.1) is 5.48 Å². The van der Waals surface area contributed by atoms with Crippen molar-refractivity contribution in [3.05, 3.63) is 121 Å². The SMILES string of the molecule is [2H]c1c([2H])c([2H])c(-c2ccc3c4c(cccc24)-c2ccccc2O3)c(-c2ccc3c(c2)oc2ccccc23)c1[2H]. The Hall–Kier alpha value is -4.82. The van der Waals surface area contributed by atoms with Crippen molar-refractivity contribution >= 4 is 32.7 Å². The largest absolute Gasteiger partial charge is 0.456 e. The van der Waals surface area contributed by atoms with Crippen LogP contribution in [0.25, 0.3) is 66.1 Å². The van der Waals surface area contributed by atoms with E-state index in [1.807, 2.05) is 91.0 Å². The highest BCUT2D eigenvalue weighted by molar-refractivity contribution is 6.11. The van der Waals surface area contributed by atoms with Crippen LogP contribution in [0.15, 0.2) is 126 Å². The van der Waals surface area contributed by atoms with Gasteiger partial charge in [-0.15, -0.1) is 0 Å². The molecule has 2 nitrogen and oxygen atoms in total. The lowest BCUT2D eigenvalue weighted by atomic mass is 9.88. The fourth-order valence-electron chi connectivity index (χ4n) is 5.41. The van der Waals surface area contributed by atoms with Crippen LogP contribution in [0.4, 0.5) is 0 Å². The first-order chi connectivity index (χ1) is 19.5. The maximum Gasteiger partial charge on any atom is 0.136 e. The Morgan fingerprint density at radius 3 is 2.25 bits per heavy atom. The number of fused-ring (bicyclic) bond motifs is 5. The minimum Gasteiger partial charge on any atom is -0.456 e. The molecule has 0 spiro atoms. The van der Waals surface area contributed by atoms with E-state index >= 15 is 0 Å². The molecule has 1 aliphatic heterocycles. The second-order valence-electron chi connectivity index (χ2n) is 9.00. The first-order valence-electron chi connectivity index (χ1n) is 13.9. The summed E-state index contributed by atoms with van der Waals surface area (Å²) in [6, 6.07) is 30.6. The van der Waals surface area contributed by atoms with E-state index in [-0.39, 0.29) is 24.2 Å². The van der Waals surface area contributed by atoms with Gasteiger partial charge in [0.25, 0.3) is 0 Å². The number of hydrogen-bond acceptors (Lipinski definition) is 2. The Bertz CT molecular complexity index is 2200. The van der Waals surface area contributed by atoms with Crippen LogP contribution in [0.1, 0.15) is 5.48 Å². The van der Waals surface area contributed by atoms with Gasteiger partial charge in [0.15, 0.2) is 0 Å². The second kappa shape index (κ2) is 7.34. The van der Waals surface area contributed by atoms with Crippen molar-refractivity contribution in [2.24, 2.45) is 0 Å². The van der Waals surface area contributed by atoms with E-state index in [2.05, 4.69) is 6.07 Å². The van der Waals surface area contributed by atoms with E-state index in [1.165, 1.54) is 0 Å². The Kier molecular flexibility index (Phi) is 3.25. The van der Waals surface area contributed by atoms with Gasteiger partial charge in [0.2, 0.25) is 0 Å². The van der Waals surface area contributed by atoms with E-state index in [9.17, 15) is 0 Å². The number of hydrogen-bond donors (Lipinski definition) is 0. The maximum atomic E-state index is 9.02. The van der Waals surface area contributed by atoms with Crippen molar-refractivity contribution in [2.75, 3.05) is 0 Å². The molecule has 0 unspecified atom stereocenters. The van der Waals surface area contributed by atoms with Gasteiger partial charge >= 0.3 is 0 Å². The minimum absolute atomic E-state index is 0.0847. The zero-order valence-corrected chi connectivity index (χ0v) is 19.1. The number of benzene rings is 6. The summed E-state index contributed by atoms with van der Waals surface area (Å²) in [5.74, 6) is 1.51. The molecule has 168 valence electrons. The Morgan fingerprint density at radius 2 is 1.28 bits per heavy atom. The first-order valence-corrected chi connectivity index (χ1v) is 11.9. The number of furan rings is 1. The van der Waals surface area contributed by atoms with Crippen LogP contribution >= 0.6 is 0 Å². The molecular formula is C34H20O2. The van der Waals surface area contributed by atoms with Crippen LogP contribution in [0.2, 0.25) is 0 Å². The Morgan fingerprint density at radius 1 is 0.500 bits per heavy atom. The average Bonchev–Trinajstić information content (AvgIpc) is 3.36. The Labute approximate surface area is 213 Å². The molecule has 1 aliphatic rings. The second-order valence-corrected chi connectivity index (χ2v) is 9.00. The van der Waals surface area contributed by atoms with Crippen molar-refractivity contribution in [1.82, 2.24) is 0 Å². The molecule has 2 heterocycles. The highest BCUT2D eigenvalue weighted by Crippen LogP contribution is 2.49. The molecule has 7 aromatic rings. The fourth-order valence-corrected chi connectivity index (χ4v) is 5.41. The summed E-state index contributed by atoms with van der Waals surface area (Å²) >= 11 is 0. The molecule has 0 fully saturated rings. The smallest absolute Gasteiger partial charge is 0.136 e. The summed E-state index contributed by atoms with van der Waals surface area (Å²) in [5.41, 5.74) is 5.72. The molecule has 0 N–H and O–H groups in total. The number of rotatable bonds is 2. The topological polar surface area (TPSA) is 22.4 Å². The van der Waals surface area contributed by atoms with E-state index in [0.29, 0.717) is 22.3 Å². The molecule has 0 atom stereocenters. The van der Waals surface area contributed by atoms with Crippen LogP contribution in [0.5, 0.6) is 11.5 Å². The molecule has 6 aromatic carbocycles. The van der Waals surface area contributed by atoms with Crippen LogP contribution in [-0.2, 0) is 0 Å². The molecule has 1 aromatic heterocycles. The van der Waals surface area contributed by atoms with Gasteiger partial charge in [0.1, 0.15) is 22.7 Å². The summed E-state index contributed by atoms with van der Waals surface area (Å²) in [7, 11) is 0. The molecule has 8 rings (SSSR count). The predicted octanol–water partition coefficient (Wildman–Crippen LogP) is 9.85. The highest BCUT2D eigenvalue weighted by atomic mass is 16.5. The lowest BCUT2D eigenvalue weighted by Gasteiger charge is -2.23. The van der Waals surface area contributed by atoms with E-state index in [0.717, 1.165) is 55.3 Å². The van der Waals surface area contributed by atoms with Gasteiger partial charge < -0.3 is 9.15 Å². The summed E-state index contributed by atoms with van der Waals surface area (Å²) in [6.45, 7) is 0. The molecular weight excluding hydrogens is 440 g/mol. The zero-order valence-electron chi connectivity index (χ0n) is 23.1. The van der Waals surface area contributed by atoms with Crippen LogP contribution in [0, 0.1) is 0 Å².